The average Bonchev–Trinajstić information content (AvgIpc) is 3.32. The number of carbonyl (C=O) groups excluding carboxylic acids is 1. The number of ether oxygens (including phenoxy) is 2. The molecule has 8 heteroatoms. The van der Waals surface area contributed by atoms with Crippen molar-refractivity contribution < 1.29 is 14.3 Å². The van der Waals surface area contributed by atoms with E-state index in [0.29, 0.717) is 35.9 Å². The van der Waals surface area contributed by atoms with Crippen molar-refractivity contribution in [1.29, 1.82) is 0 Å². The molecule has 0 spiro atoms. The van der Waals surface area contributed by atoms with Crippen LogP contribution in [-0.2, 0) is 22.4 Å². The van der Waals surface area contributed by atoms with E-state index >= 15 is 0 Å². The van der Waals surface area contributed by atoms with E-state index in [0.717, 1.165) is 42.7 Å². The fraction of sp³-hybridized carbons (Fsp3) is 0.429. The lowest BCUT2D eigenvalue weighted by molar-refractivity contribution is -0.0581. The third-order valence-corrected chi connectivity index (χ3v) is 9.52. The van der Waals surface area contributed by atoms with Crippen molar-refractivity contribution in [2.24, 2.45) is 16.8 Å². The fourth-order valence-corrected chi connectivity index (χ4v) is 7.20. The molecule has 3 aromatic rings. The molecule has 1 saturated carbocycles. The standard InChI is InChI=1S/C35H41Cl2N3O3/c1-39(2)33(29-15-19-31(37)20-16-29)28-13-9-25(10-14-28)21-32-35(43-34(41)42-3,22-26-11-17-30(36)18-12-26)38-24-40(32)23-27-7-5-4-6-8-27/h4-8,11-12,15-20,24-25,28,32-33H,9-10,13-14,21-23H2,1-3H3. The third-order valence-electron chi connectivity index (χ3n) is 9.01. The van der Waals surface area contributed by atoms with Crippen LogP contribution in [0.1, 0.15) is 54.8 Å². The van der Waals surface area contributed by atoms with Crippen molar-refractivity contribution in [1.82, 2.24) is 9.80 Å². The molecule has 5 rings (SSSR count). The van der Waals surface area contributed by atoms with Gasteiger partial charge in [0, 0.05) is 29.1 Å². The van der Waals surface area contributed by atoms with Gasteiger partial charge in [-0.05, 0) is 86.1 Å². The molecule has 0 amide bonds. The Morgan fingerprint density at radius 3 is 2.16 bits per heavy atom. The second kappa shape index (κ2) is 14.1. The minimum atomic E-state index is -1.11. The Morgan fingerprint density at radius 1 is 0.930 bits per heavy atom. The maximum atomic E-state index is 12.7. The zero-order valence-electron chi connectivity index (χ0n) is 25.2. The number of aliphatic imine (C=N–C) groups is 1. The van der Waals surface area contributed by atoms with Crippen LogP contribution >= 0.6 is 23.2 Å². The van der Waals surface area contributed by atoms with E-state index in [1.807, 2.05) is 60.9 Å². The first kappa shape index (κ1) is 31.4. The monoisotopic (exact) mass is 621 g/mol. The zero-order valence-corrected chi connectivity index (χ0v) is 26.7. The van der Waals surface area contributed by atoms with Crippen LogP contribution in [0.15, 0.2) is 83.9 Å². The second-order valence-electron chi connectivity index (χ2n) is 12.1. The lowest BCUT2D eigenvalue weighted by Gasteiger charge is -2.41. The zero-order chi connectivity index (χ0) is 30.4. The Balaban J connectivity index is 1.38. The summed E-state index contributed by atoms with van der Waals surface area (Å²) >= 11 is 12.4. The number of carbonyl (C=O) groups is 1. The van der Waals surface area contributed by atoms with Gasteiger partial charge >= 0.3 is 6.16 Å². The summed E-state index contributed by atoms with van der Waals surface area (Å²) < 4.78 is 11.1. The molecule has 3 atom stereocenters. The second-order valence-corrected chi connectivity index (χ2v) is 13.0. The Hall–Kier alpha value is -3.06. The van der Waals surface area contributed by atoms with Crippen molar-refractivity contribution in [3.63, 3.8) is 0 Å². The summed E-state index contributed by atoms with van der Waals surface area (Å²) in [7, 11) is 5.67. The minimum Gasteiger partial charge on any atom is -0.438 e. The highest BCUT2D eigenvalue weighted by atomic mass is 35.5. The summed E-state index contributed by atoms with van der Waals surface area (Å²) in [5.41, 5.74) is 2.38. The maximum absolute atomic E-state index is 12.7. The van der Waals surface area contributed by atoms with Gasteiger partial charge in [-0.3, -0.25) is 0 Å². The van der Waals surface area contributed by atoms with E-state index in [9.17, 15) is 4.79 Å². The molecular formula is C35H41Cl2N3O3. The number of hydrogen-bond acceptors (Lipinski definition) is 6. The van der Waals surface area contributed by atoms with Gasteiger partial charge in [0.2, 0.25) is 5.72 Å². The molecule has 3 aromatic carbocycles. The predicted molar refractivity (Wildman–Crippen MR) is 174 cm³/mol. The average molecular weight is 623 g/mol. The van der Waals surface area contributed by atoms with Crippen LogP contribution in [0.3, 0.4) is 0 Å². The molecule has 1 fully saturated rings. The third kappa shape index (κ3) is 7.72. The summed E-state index contributed by atoms with van der Waals surface area (Å²) in [5, 5.41) is 1.43. The summed E-state index contributed by atoms with van der Waals surface area (Å²) in [6.45, 7) is 0.677. The predicted octanol–water partition coefficient (Wildman–Crippen LogP) is 8.43. The number of hydrogen-bond donors (Lipinski definition) is 0. The summed E-state index contributed by atoms with van der Waals surface area (Å²) in [6.07, 6.45) is 6.90. The van der Waals surface area contributed by atoms with Gasteiger partial charge in [0.25, 0.3) is 0 Å². The molecule has 0 N–H and O–H groups in total. The summed E-state index contributed by atoms with van der Waals surface area (Å²) in [5.74, 6) is 1.03. The van der Waals surface area contributed by atoms with Gasteiger partial charge in [0.05, 0.1) is 19.5 Å². The van der Waals surface area contributed by atoms with Gasteiger partial charge in [-0.2, -0.15) is 0 Å². The molecule has 1 aliphatic heterocycles. The van der Waals surface area contributed by atoms with Crippen LogP contribution in [0, 0.1) is 11.8 Å². The molecule has 6 nitrogen and oxygen atoms in total. The normalized spacial score (nSPS) is 24.2. The van der Waals surface area contributed by atoms with E-state index in [1.165, 1.54) is 18.2 Å². The van der Waals surface area contributed by atoms with Gasteiger partial charge in [-0.1, -0.05) is 90.6 Å². The Labute approximate surface area is 265 Å². The highest BCUT2D eigenvalue weighted by Crippen LogP contribution is 2.44. The molecular weight excluding hydrogens is 581 g/mol. The number of rotatable bonds is 10. The van der Waals surface area contributed by atoms with Crippen LogP contribution in [0.4, 0.5) is 4.79 Å². The quantitative estimate of drug-likeness (QED) is 0.213. The van der Waals surface area contributed by atoms with Gasteiger partial charge in [0.1, 0.15) is 0 Å². The number of methoxy groups -OCH3 is 1. The maximum Gasteiger partial charge on any atom is 0.510 e. The lowest BCUT2D eigenvalue weighted by atomic mass is 9.73. The highest BCUT2D eigenvalue weighted by Gasteiger charge is 2.50. The fourth-order valence-electron chi connectivity index (χ4n) is 6.94. The van der Waals surface area contributed by atoms with Crippen LogP contribution in [-0.4, -0.2) is 55.3 Å². The minimum absolute atomic E-state index is 0.148. The van der Waals surface area contributed by atoms with Crippen LogP contribution in [0.5, 0.6) is 0 Å². The van der Waals surface area contributed by atoms with Gasteiger partial charge in [-0.25, -0.2) is 9.79 Å². The van der Waals surface area contributed by atoms with Crippen LogP contribution in [0.2, 0.25) is 10.0 Å². The van der Waals surface area contributed by atoms with Crippen molar-refractivity contribution in [3.05, 3.63) is 106 Å². The SMILES string of the molecule is COC(=O)OC1(Cc2ccc(Cl)cc2)N=CN(Cc2ccccc2)C1CC1CCC(C(c2ccc(Cl)cc2)N(C)C)CC1. The van der Waals surface area contributed by atoms with E-state index in [2.05, 4.69) is 48.2 Å². The Bertz CT molecular complexity index is 1360. The van der Waals surface area contributed by atoms with Crippen LogP contribution in [0.25, 0.3) is 0 Å². The van der Waals surface area contributed by atoms with Crippen molar-refractivity contribution >= 4 is 35.7 Å². The molecule has 0 saturated heterocycles. The van der Waals surface area contributed by atoms with Crippen LogP contribution < -0.4 is 0 Å². The number of nitrogens with zero attached hydrogens (tertiary/aromatic N) is 3. The van der Waals surface area contributed by atoms with Gasteiger partial charge in [0.15, 0.2) is 0 Å². The first-order valence-electron chi connectivity index (χ1n) is 15.0. The largest absolute Gasteiger partial charge is 0.510 e. The molecule has 1 aliphatic carbocycles. The van der Waals surface area contributed by atoms with Crippen molar-refractivity contribution in [2.45, 2.75) is 62.9 Å². The molecule has 228 valence electrons. The topological polar surface area (TPSA) is 54.4 Å². The lowest BCUT2D eigenvalue weighted by Crippen LogP contribution is -2.51. The number of halogens is 2. The Kier molecular flexibility index (Phi) is 10.3. The highest BCUT2D eigenvalue weighted by molar-refractivity contribution is 6.30. The molecule has 2 aliphatic rings. The van der Waals surface area contributed by atoms with Crippen molar-refractivity contribution in [2.75, 3.05) is 21.2 Å². The molecule has 1 heterocycles. The van der Waals surface area contributed by atoms with E-state index < -0.39 is 11.9 Å². The van der Waals surface area contributed by atoms with E-state index in [-0.39, 0.29) is 6.04 Å². The number of benzene rings is 3. The van der Waals surface area contributed by atoms with E-state index in [1.54, 1.807) is 0 Å². The van der Waals surface area contributed by atoms with Gasteiger partial charge < -0.3 is 19.3 Å². The summed E-state index contributed by atoms with van der Waals surface area (Å²) in [6, 6.07) is 26.5. The smallest absolute Gasteiger partial charge is 0.438 e. The summed E-state index contributed by atoms with van der Waals surface area (Å²) in [4.78, 5) is 22.2. The first-order chi connectivity index (χ1) is 20.8. The Morgan fingerprint density at radius 2 is 1.56 bits per heavy atom. The van der Waals surface area contributed by atoms with E-state index in [4.69, 9.17) is 37.7 Å². The first-order valence-corrected chi connectivity index (χ1v) is 15.8. The van der Waals surface area contributed by atoms with Gasteiger partial charge in [-0.15, -0.1) is 0 Å². The van der Waals surface area contributed by atoms with Crippen molar-refractivity contribution in [3.8, 4) is 0 Å². The molecule has 0 aromatic heterocycles. The molecule has 3 unspecified atom stereocenters. The molecule has 0 bridgehead atoms. The molecule has 43 heavy (non-hydrogen) atoms. The molecule has 0 radical (unpaired) electrons.